The van der Waals surface area contributed by atoms with Crippen LogP contribution in [0.5, 0.6) is 0 Å². The van der Waals surface area contributed by atoms with Crippen molar-refractivity contribution < 1.29 is 4.42 Å². The summed E-state index contributed by atoms with van der Waals surface area (Å²) < 4.78 is 5.82. The Kier molecular flexibility index (Phi) is 3.92. The van der Waals surface area contributed by atoms with Gasteiger partial charge in [0.15, 0.2) is 0 Å². The van der Waals surface area contributed by atoms with Crippen LogP contribution in [0.25, 0.3) is 22.4 Å². The van der Waals surface area contributed by atoms with Gasteiger partial charge in [-0.25, -0.2) is 0 Å². The largest absolute Gasteiger partial charge is 0.419 e. The molecule has 108 valence electrons. The zero-order chi connectivity index (χ0) is 14.7. The average molecular weight is 282 g/mol. The third-order valence-electron chi connectivity index (χ3n) is 3.45. The van der Waals surface area contributed by atoms with Gasteiger partial charge in [0.05, 0.1) is 11.6 Å². The minimum atomic E-state index is 0.110. The Labute approximate surface area is 123 Å². The van der Waals surface area contributed by atoms with Crippen LogP contribution >= 0.6 is 0 Å². The number of aromatic nitrogens is 3. The molecule has 0 spiro atoms. The fraction of sp³-hybridized carbons (Fsp3) is 0.312. The first-order valence-corrected chi connectivity index (χ1v) is 7.23. The van der Waals surface area contributed by atoms with E-state index in [9.17, 15) is 0 Å². The molecule has 1 aromatic carbocycles. The zero-order valence-electron chi connectivity index (χ0n) is 12.2. The maximum absolute atomic E-state index is 5.82. The maximum Gasteiger partial charge on any atom is 0.247 e. The van der Waals surface area contributed by atoms with Gasteiger partial charge in [0.1, 0.15) is 0 Å². The molecule has 1 atom stereocenters. The Balaban J connectivity index is 1.93. The summed E-state index contributed by atoms with van der Waals surface area (Å²) in [7, 11) is 0. The summed E-state index contributed by atoms with van der Waals surface area (Å²) >= 11 is 0. The average Bonchev–Trinajstić information content (AvgIpc) is 3.02. The molecule has 5 nitrogen and oxygen atoms in total. The highest BCUT2D eigenvalue weighted by atomic mass is 16.4. The first-order valence-electron chi connectivity index (χ1n) is 7.23. The third-order valence-corrected chi connectivity index (χ3v) is 3.45. The van der Waals surface area contributed by atoms with E-state index in [0.717, 1.165) is 29.4 Å². The quantitative estimate of drug-likeness (QED) is 0.777. The first-order chi connectivity index (χ1) is 10.3. The summed E-state index contributed by atoms with van der Waals surface area (Å²) in [6, 6.07) is 10.0. The minimum Gasteiger partial charge on any atom is -0.419 e. The molecule has 0 aliphatic rings. The summed E-state index contributed by atoms with van der Waals surface area (Å²) in [5, 5.41) is 12.7. The van der Waals surface area contributed by atoms with E-state index in [1.165, 1.54) is 0 Å². The van der Waals surface area contributed by atoms with Crippen LogP contribution in [0, 0.1) is 0 Å². The van der Waals surface area contributed by atoms with E-state index in [0.29, 0.717) is 11.8 Å². The maximum atomic E-state index is 5.82. The molecule has 0 bridgehead atoms. The number of nitrogens with zero attached hydrogens (tertiary/aromatic N) is 3. The molecule has 5 heteroatoms. The predicted octanol–water partition coefficient (Wildman–Crippen LogP) is 3.35. The highest BCUT2D eigenvalue weighted by molar-refractivity contribution is 5.82. The molecule has 0 aliphatic carbocycles. The lowest BCUT2D eigenvalue weighted by Gasteiger charge is -2.10. The van der Waals surface area contributed by atoms with Crippen LogP contribution in [0.4, 0.5) is 0 Å². The Bertz CT molecular complexity index is 738. The smallest absolute Gasteiger partial charge is 0.247 e. The van der Waals surface area contributed by atoms with Crippen LogP contribution < -0.4 is 5.32 Å². The van der Waals surface area contributed by atoms with Crippen LogP contribution in [0.1, 0.15) is 32.2 Å². The van der Waals surface area contributed by atoms with Gasteiger partial charge in [-0.2, -0.15) is 0 Å². The van der Waals surface area contributed by atoms with Crippen molar-refractivity contribution in [3.63, 3.8) is 0 Å². The molecule has 3 aromatic rings. The molecule has 0 fully saturated rings. The molecular weight excluding hydrogens is 264 g/mol. The first kappa shape index (κ1) is 13.7. The number of pyridine rings is 1. The normalized spacial score (nSPS) is 12.7. The number of fused-ring (bicyclic) bond motifs is 1. The monoisotopic (exact) mass is 282 g/mol. The van der Waals surface area contributed by atoms with Gasteiger partial charge >= 0.3 is 0 Å². The van der Waals surface area contributed by atoms with Crippen LogP contribution in [0.15, 0.2) is 40.9 Å². The van der Waals surface area contributed by atoms with E-state index in [4.69, 9.17) is 4.42 Å². The minimum absolute atomic E-state index is 0.110. The van der Waals surface area contributed by atoms with E-state index in [2.05, 4.69) is 34.3 Å². The second-order valence-corrected chi connectivity index (χ2v) is 4.87. The fourth-order valence-electron chi connectivity index (χ4n) is 2.35. The van der Waals surface area contributed by atoms with Crippen LogP contribution in [-0.4, -0.2) is 21.7 Å². The molecule has 2 heterocycles. The van der Waals surface area contributed by atoms with Crippen molar-refractivity contribution in [2.45, 2.75) is 26.3 Å². The Morgan fingerprint density at radius 2 is 2.10 bits per heavy atom. The molecule has 3 rings (SSSR count). The number of hydrogen-bond acceptors (Lipinski definition) is 5. The van der Waals surface area contributed by atoms with Gasteiger partial charge in [0.25, 0.3) is 0 Å². The molecule has 21 heavy (non-hydrogen) atoms. The van der Waals surface area contributed by atoms with Crippen LogP contribution in [0.3, 0.4) is 0 Å². The number of nitrogens with one attached hydrogen (secondary N) is 1. The summed E-state index contributed by atoms with van der Waals surface area (Å²) in [4.78, 5) is 4.31. The lowest BCUT2D eigenvalue weighted by molar-refractivity contribution is 0.402. The summed E-state index contributed by atoms with van der Waals surface area (Å²) in [5.74, 6) is 1.19. The van der Waals surface area contributed by atoms with Crippen LogP contribution in [0.2, 0.25) is 0 Å². The van der Waals surface area contributed by atoms with Crippen molar-refractivity contribution in [3.05, 3.63) is 42.4 Å². The van der Waals surface area contributed by atoms with Crippen molar-refractivity contribution in [2.75, 3.05) is 6.54 Å². The number of benzene rings is 1. The fourth-order valence-corrected chi connectivity index (χ4v) is 2.35. The summed E-state index contributed by atoms with van der Waals surface area (Å²) in [6.45, 7) is 5.03. The Morgan fingerprint density at radius 3 is 2.90 bits per heavy atom. The molecular formula is C16H18N4O. The predicted molar refractivity (Wildman–Crippen MR) is 81.7 cm³/mol. The van der Waals surface area contributed by atoms with E-state index in [1.807, 2.05) is 30.3 Å². The third kappa shape index (κ3) is 2.78. The van der Waals surface area contributed by atoms with Crippen molar-refractivity contribution in [1.82, 2.24) is 20.5 Å². The van der Waals surface area contributed by atoms with Crippen molar-refractivity contribution in [2.24, 2.45) is 0 Å². The second kappa shape index (κ2) is 6.01. The molecule has 0 aliphatic heterocycles. The lowest BCUT2D eigenvalue weighted by atomic mass is 10.1. The van der Waals surface area contributed by atoms with Gasteiger partial charge in [-0.3, -0.25) is 4.98 Å². The van der Waals surface area contributed by atoms with Crippen LogP contribution in [-0.2, 0) is 0 Å². The Hall–Kier alpha value is -2.27. The standard InChI is InChI=1S/C16H18N4O/c1-3-13(17-4-2)16-20-19-15(21-16)12-7-8-14-11(10-12)6-5-9-18-14/h5-10,13,17H,3-4H2,1-2H3. The van der Waals surface area contributed by atoms with Crippen molar-refractivity contribution in [3.8, 4) is 11.5 Å². The molecule has 0 amide bonds. The van der Waals surface area contributed by atoms with Gasteiger partial charge in [-0.05, 0) is 37.2 Å². The number of hydrogen-bond donors (Lipinski definition) is 1. The van der Waals surface area contributed by atoms with Gasteiger partial charge in [0.2, 0.25) is 11.8 Å². The van der Waals surface area contributed by atoms with E-state index < -0.39 is 0 Å². The number of rotatable bonds is 5. The van der Waals surface area contributed by atoms with E-state index >= 15 is 0 Å². The van der Waals surface area contributed by atoms with Gasteiger partial charge in [-0.1, -0.05) is 19.9 Å². The topological polar surface area (TPSA) is 63.8 Å². The zero-order valence-corrected chi connectivity index (χ0v) is 12.2. The highest BCUT2D eigenvalue weighted by Crippen LogP contribution is 2.24. The van der Waals surface area contributed by atoms with E-state index in [1.54, 1.807) is 6.20 Å². The van der Waals surface area contributed by atoms with Crippen molar-refractivity contribution in [1.29, 1.82) is 0 Å². The summed E-state index contributed by atoms with van der Waals surface area (Å²) in [5.41, 5.74) is 1.88. The van der Waals surface area contributed by atoms with Crippen molar-refractivity contribution >= 4 is 10.9 Å². The molecule has 0 saturated heterocycles. The Morgan fingerprint density at radius 1 is 1.19 bits per heavy atom. The van der Waals surface area contributed by atoms with Gasteiger partial charge in [0, 0.05) is 17.1 Å². The SMILES string of the molecule is CCNC(CC)c1nnc(-c2ccc3ncccc3c2)o1. The van der Waals surface area contributed by atoms with Gasteiger partial charge in [-0.15, -0.1) is 10.2 Å². The molecule has 1 N–H and O–H groups in total. The molecule has 1 unspecified atom stereocenters. The van der Waals surface area contributed by atoms with E-state index in [-0.39, 0.29) is 6.04 Å². The molecule has 0 saturated carbocycles. The lowest BCUT2D eigenvalue weighted by Crippen LogP contribution is -2.20. The molecule has 2 aromatic heterocycles. The second-order valence-electron chi connectivity index (χ2n) is 4.87. The summed E-state index contributed by atoms with van der Waals surface area (Å²) in [6.07, 6.45) is 2.70. The highest BCUT2D eigenvalue weighted by Gasteiger charge is 2.16. The molecule has 0 radical (unpaired) electrons. The van der Waals surface area contributed by atoms with Gasteiger partial charge < -0.3 is 9.73 Å².